The summed E-state index contributed by atoms with van der Waals surface area (Å²) < 4.78 is 41.2. The van der Waals surface area contributed by atoms with Crippen molar-refractivity contribution in [3.05, 3.63) is 71.9 Å². The summed E-state index contributed by atoms with van der Waals surface area (Å²) >= 11 is 0. The molecule has 0 aliphatic heterocycles. The second kappa shape index (κ2) is 10.4. The summed E-state index contributed by atoms with van der Waals surface area (Å²) in [7, 11) is -1.47. The molecule has 1 aliphatic rings. The van der Waals surface area contributed by atoms with Crippen molar-refractivity contribution in [2.24, 2.45) is 18.9 Å². The van der Waals surface area contributed by atoms with Crippen LogP contribution in [0.3, 0.4) is 0 Å². The van der Waals surface area contributed by atoms with Crippen LogP contribution in [0.4, 0.5) is 4.39 Å². The zero-order chi connectivity index (χ0) is 25.2. The van der Waals surface area contributed by atoms with Gasteiger partial charge >= 0.3 is 0 Å². The molecule has 4 rings (SSSR count). The number of halogens is 1. The molecular weight excluding hydrogens is 463 g/mol. The minimum atomic E-state index is -3.40. The maximum atomic E-state index is 13.2. The molecule has 0 N–H and O–H groups in total. The van der Waals surface area contributed by atoms with Gasteiger partial charge in [-0.2, -0.15) is 0 Å². The predicted octanol–water partition coefficient (Wildman–Crippen LogP) is 5.88. The van der Waals surface area contributed by atoms with Crippen molar-refractivity contribution in [2.75, 3.05) is 5.75 Å². The van der Waals surface area contributed by atoms with E-state index in [1.165, 1.54) is 12.1 Å². The van der Waals surface area contributed by atoms with Gasteiger partial charge in [-0.05, 0) is 74.3 Å². The van der Waals surface area contributed by atoms with E-state index in [1.54, 1.807) is 24.3 Å². The molecule has 1 saturated carbocycles. The van der Waals surface area contributed by atoms with Gasteiger partial charge in [0.1, 0.15) is 17.4 Å². The molecule has 1 aromatic heterocycles. The molecule has 5 nitrogen and oxygen atoms in total. The number of Topliss-reactive ketones (excluding diaryl/α,β-unsaturated/α-hetero) is 1. The van der Waals surface area contributed by atoms with Crippen LogP contribution >= 0.6 is 0 Å². The van der Waals surface area contributed by atoms with Crippen LogP contribution in [0, 0.1) is 24.6 Å². The maximum absolute atomic E-state index is 13.2. The highest BCUT2D eigenvalue weighted by Gasteiger charge is 2.30. The summed E-state index contributed by atoms with van der Waals surface area (Å²) in [6.45, 7) is 3.92. The Labute approximate surface area is 207 Å². The van der Waals surface area contributed by atoms with Gasteiger partial charge in [-0.25, -0.2) is 17.8 Å². The number of hydrogen-bond acceptors (Lipinski definition) is 4. The molecule has 0 radical (unpaired) electrons. The normalized spacial score (nSPS) is 19.4. The molecule has 35 heavy (non-hydrogen) atoms. The smallest absolute Gasteiger partial charge is 0.178 e. The van der Waals surface area contributed by atoms with E-state index < -0.39 is 9.84 Å². The van der Waals surface area contributed by atoms with E-state index in [1.807, 2.05) is 43.8 Å². The highest BCUT2D eigenvalue weighted by atomic mass is 32.2. The number of nitrogens with zero attached hydrogens (tertiary/aromatic N) is 2. The number of carbonyl (C=O) groups excluding carboxylic acids is 1. The third kappa shape index (κ3) is 6.07. The van der Waals surface area contributed by atoms with Gasteiger partial charge in [-0.15, -0.1) is 0 Å². The number of aryl methyl sites for hydroxylation is 2. The summed E-state index contributed by atoms with van der Waals surface area (Å²) in [5.74, 6) is 1.05. The van der Waals surface area contributed by atoms with Gasteiger partial charge in [0.2, 0.25) is 0 Å². The van der Waals surface area contributed by atoms with Crippen molar-refractivity contribution < 1.29 is 17.6 Å². The Bertz CT molecular complexity index is 1250. The Morgan fingerprint density at radius 2 is 1.69 bits per heavy atom. The molecule has 1 aliphatic carbocycles. The standard InChI is InChI=1S/C28H33FN2O3S/c1-19(22-8-12-25(29)13-9-22)16-28(32)24-6-4-21(5-7-24)18-35(33,34)26-14-10-23(11-15-26)27-17-31(3)20(2)30-27/h8-15,17,19,21,24H,4-7,16,18H2,1-3H3/t19-,21?,24?/m0/s1. The SMILES string of the molecule is Cc1nc(-c2ccc(S(=O)(=O)CC3CCC(C(=O)C[C@H](C)c4ccc(F)cc4)CC3)cc2)cn1C. The molecule has 7 heteroatoms. The van der Waals surface area contributed by atoms with Crippen LogP contribution in [0.2, 0.25) is 0 Å². The number of sulfone groups is 1. The third-order valence-corrected chi connectivity index (χ3v) is 9.22. The van der Waals surface area contributed by atoms with Gasteiger partial charge in [0.15, 0.2) is 9.84 Å². The van der Waals surface area contributed by atoms with Crippen molar-refractivity contribution in [1.82, 2.24) is 9.55 Å². The lowest BCUT2D eigenvalue weighted by molar-refractivity contribution is -0.124. The summed E-state index contributed by atoms with van der Waals surface area (Å²) in [6.07, 6.45) is 5.30. The molecule has 1 heterocycles. The Kier molecular flexibility index (Phi) is 7.55. The van der Waals surface area contributed by atoms with E-state index in [2.05, 4.69) is 4.98 Å². The summed E-state index contributed by atoms with van der Waals surface area (Å²) in [4.78, 5) is 17.7. The number of ketones is 1. The highest BCUT2D eigenvalue weighted by Crippen LogP contribution is 2.34. The van der Waals surface area contributed by atoms with E-state index in [0.717, 1.165) is 48.3 Å². The zero-order valence-electron chi connectivity index (χ0n) is 20.6. The van der Waals surface area contributed by atoms with Crippen molar-refractivity contribution in [1.29, 1.82) is 0 Å². The van der Waals surface area contributed by atoms with Crippen LogP contribution in [-0.4, -0.2) is 29.5 Å². The zero-order valence-corrected chi connectivity index (χ0v) is 21.4. The molecule has 1 atom stereocenters. The molecular formula is C28H33FN2O3S. The Hall–Kier alpha value is -2.80. The average molecular weight is 497 g/mol. The summed E-state index contributed by atoms with van der Waals surface area (Å²) in [6, 6.07) is 13.3. The summed E-state index contributed by atoms with van der Waals surface area (Å²) in [5.41, 5.74) is 2.68. The van der Waals surface area contributed by atoms with Gasteiger partial charge in [0.05, 0.1) is 16.3 Å². The molecule has 0 bridgehead atoms. The lowest BCUT2D eigenvalue weighted by atomic mass is 9.78. The fourth-order valence-electron chi connectivity index (χ4n) is 4.97. The Balaban J connectivity index is 1.30. The molecule has 0 saturated heterocycles. The van der Waals surface area contributed by atoms with E-state index in [-0.39, 0.29) is 35.1 Å². The van der Waals surface area contributed by atoms with Crippen LogP contribution in [0.5, 0.6) is 0 Å². The number of rotatable bonds is 8. The number of carbonyl (C=O) groups is 1. The summed E-state index contributed by atoms with van der Waals surface area (Å²) in [5, 5.41) is 0. The largest absolute Gasteiger partial charge is 0.338 e. The first kappa shape index (κ1) is 25.3. The first-order valence-corrected chi connectivity index (χ1v) is 13.9. The van der Waals surface area contributed by atoms with Gasteiger partial charge in [-0.3, -0.25) is 4.79 Å². The molecule has 1 fully saturated rings. The number of benzene rings is 2. The Morgan fingerprint density at radius 3 is 2.26 bits per heavy atom. The quantitative estimate of drug-likeness (QED) is 0.391. The van der Waals surface area contributed by atoms with Crippen molar-refractivity contribution in [2.45, 2.75) is 56.8 Å². The van der Waals surface area contributed by atoms with Crippen molar-refractivity contribution >= 4 is 15.6 Å². The van der Waals surface area contributed by atoms with E-state index in [4.69, 9.17) is 0 Å². The number of aromatic nitrogens is 2. The van der Waals surface area contributed by atoms with Gasteiger partial charge in [0, 0.05) is 31.1 Å². The van der Waals surface area contributed by atoms with Crippen LogP contribution in [-0.2, 0) is 21.7 Å². The van der Waals surface area contributed by atoms with E-state index in [0.29, 0.717) is 11.3 Å². The molecule has 186 valence electrons. The molecule has 2 aromatic carbocycles. The fourth-order valence-corrected chi connectivity index (χ4v) is 6.66. The number of imidazole rings is 1. The third-order valence-electron chi connectivity index (χ3n) is 7.32. The highest BCUT2D eigenvalue weighted by molar-refractivity contribution is 7.91. The topological polar surface area (TPSA) is 69.0 Å². The Morgan fingerprint density at radius 1 is 1.06 bits per heavy atom. The van der Waals surface area contributed by atoms with E-state index in [9.17, 15) is 17.6 Å². The van der Waals surface area contributed by atoms with Crippen molar-refractivity contribution in [3.8, 4) is 11.3 Å². The maximum Gasteiger partial charge on any atom is 0.178 e. The van der Waals surface area contributed by atoms with Crippen LogP contribution in [0.25, 0.3) is 11.3 Å². The van der Waals surface area contributed by atoms with Crippen molar-refractivity contribution in [3.63, 3.8) is 0 Å². The predicted molar refractivity (Wildman–Crippen MR) is 135 cm³/mol. The second-order valence-corrected chi connectivity index (χ2v) is 12.0. The van der Waals surface area contributed by atoms with Gasteiger partial charge < -0.3 is 4.57 Å². The lowest BCUT2D eigenvalue weighted by Gasteiger charge is -2.28. The van der Waals surface area contributed by atoms with Gasteiger partial charge in [-0.1, -0.05) is 31.2 Å². The minimum absolute atomic E-state index is 0.0158. The molecule has 0 unspecified atom stereocenters. The average Bonchev–Trinajstić information content (AvgIpc) is 3.18. The molecule has 0 amide bonds. The molecule has 3 aromatic rings. The lowest BCUT2D eigenvalue weighted by Crippen LogP contribution is -2.26. The van der Waals surface area contributed by atoms with Crippen LogP contribution < -0.4 is 0 Å². The fraction of sp³-hybridized carbons (Fsp3) is 0.429. The molecule has 0 spiro atoms. The van der Waals surface area contributed by atoms with Crippen LogP contribution in [0.15, 0.2) is 59.6 Å². The first-order valence-electron chi connectivity index (χ1n) is 12.2. The minimum Gasteiger partial charge on any atom is -0.338 e. The van der Waals surface area contributed by atoms with Gasteiger partial charge in [0.25, 0.3) is 0 Å². The monoisotopic (exact) mass is 496 g/mol. The number of hydrogen-bond donors (Lipinski definition) is 0. The first-order chi connectivity index (χ1) is 16.6. The van der Waals surface area contributed by atoms with E-state index >= 15 is 0 Å². The van der Waals surface area contributed by atoms with Crippen LogP contribution in [0.1, 0.15) is 56.3 Å². The second-order valence-electron chi connectivity index (χ2n) is 9.93.